The number of amides is 1. The topological polar surface area (TPSA) is 85.6 Å². The van der Waals surface area contributed by atoms with Crippen LogP contribution in [0.5, 0.6) is 0 Å². The third kappa shape index (κ3) is 4.12. The van der Waals surface area contributed by atoms with Crippen molar-refractivity contribution in [3.63, 3.8) is 0 Å². The maximum Gasteiger partial charge on any atom is 0.226 e. The molecule has 0 radical (unpaired) electrons. The number of thiazole rings is 1. The van der Waals surface area contributed by atoms with Crippen LogP contribution in [0.1, 0.15) is 24.2 Å². The number of benzene rings is 1. The van der Waals surface area contributed by atoms with Gasteiger partial charge in [-0.3, -0.25) is 9.78 Å². The molecule has 0 fully saturated rings. The van der Waals surface area contributed by atoms with Gasteiger partial charge >= 0.3 is 0 Å². The van der Waals surface area contributed by atoms with E-state index < -0.39 is 0 Å². The lowest BCUT2D eigenvalue weighted by Gasteiger charge is -2.14. The Kier molecular flexibility index (Phi) is 5.20. The van der Waals surface area contributed by atoms with Crippen LogP contribution >= 0.6 is 11.3 Å². The van der Waals surface area contributed by atoms with E-state index in [-0.39, 0.29) is 18.4 Å². The number of carbonyl (C=O) groups is 1. The van der Waals surface area contributed by atoms with Crippen LogP contribution in [0, 0.1) is 0 Å². The van der Waals surface area contributed by atoms with E-state index >= 15 is 0 Å². The molecule has 0 aliphatic rings. The smallest absolute Gasteiger partial charge is 0.226 e. The highest BCUT2D eigenvalue weighted by Crippen LogP contribution is 2.23. The minimum Gasteiger partial charge on any atom is -0.349 e. The van der Waals surface area contributed by atoms with Gasteiger partial charge in [0.25, 0.3) is 0 Å². The van der Waals surface area contributed by atoms with Crippen molar-refractivity contribution < 1.29 is 4.79 Å². The van der Waals surface area contributed by atoms with E-state index in [1.807, 2.05) is 48.7 Å². The van der Waals surface area contributed by atoms with Crippen molar-refractivity contribution in [3.8, 4) is 16.3 Å². The molecular weight excluding hydrogens is 372 g/mol. The number of nitrogens with zero attached hydrogens (tertiary/aromatic N) is 5. The second kappa shape index (κ2) is 8.10. The molecule has 3 heterocycles. The summed E-state index contributed by atoms with van der Waals surface area (Å²) in [5, 5.41) is 9.92. The number of hydrogen-bond acceptors (Lipinski definition) is 6. The van der Waals surface area contributed by atoms with Crippen molar-refractivity contribution in [2.45, 2.75) is 19.4 Å². The lowest BCUT2D eigenvalue weighted by atomic mass is 10.1. The first kappa shape index (κ1) is 18.0. The molecule has 7 nitrogen and oxygen atoms in total. The molecule has 1 amide bonds. The summed E-state index contributed by atoms with van der Waals surface area (Å²) in [6.07, 6.45) is 6.89. The van der Waals surface area contributed by atoms with Crippen LogP contribution in [0.4, 0.5) is 0 Å². The summed E-state index contributed by atoms with van der Waals surface area (Å²) in [6, 6.07) is 11.6. The van der Waals surface area contributed by atoms with Crippen LogP contribution in [0.3, 0.4) is 0 Å². The van der Waals surface area contributed by atoms with Crippen molar-refractivity contribution in [2.75, 3.05) is 0 Å². The second-order valence-electron chi connectivity index (χ2n) is 6.28. The molecule has 0 aliphatic heterocycles. The fraction of sp³-hybridized carbons (Fsp3) is 0.150. The average Bonchev–Trinajstić information content (AvgIpc) is 3.41. The van der Waals surface area contributed by atoms with Crippen LogP contribution in [-0.4, -0.2) is 30.6 Å². The van der Waals surface area contributed by atoms with E-state index in [1.54, 1.807) is 23.4 Å². The van der Waals surface area contributed by atoms with E-state index in [0.29, 0.717) is 0 Å². The fourth-order valence-corrected chi connectivity index (χ4v) is 3.62. The van der Waals surface area contributed by atoms with Crippen LogP contribution < -0.4 is 5.32 Å². The van der Waals surface area contributed by atoms with Gasteiger partial charge in [-0.2, -0.15) is 5.10 Å². The van der Waals surface area contributed by atoms with Gasteiger partial charge in [0.15, 0.2) is 0 Å². The summed E-state index contributed by atoms with van der Waals surface area (Å²) in [7, 11) is 0. The van der Waals surface area contributed by atoms with Crippen molar-refractivity contribution >= 4 is 17.2 Å². The van der Waals surface area contributed by atoms with E-state index in [4.69, 9.17) is 0 Å². The largest absolute Gasteiger partial charge is 0.349 e. The second-order valence-corrected chi connectivity index (χ2v) is 7.14. The molecule has 0 saturated heterocycles. The minimum atomic E-state index is -0.103. The molecular formula is C20H18N6OS. The molecule has 0 bridgehead atoms. The van der Waals surface area contributed by atoms with Gasteiger partial charge in [-0.15, -0.1) is 11.3 Å². The van der Waals surface area contributed by atoms with Gasteiger partial charge in [-0.05, 0) is 36.8 Å². The first-order valence-electron chi connectivity index (χ1n) is 8.78. The molecule has 8 heteroatoms. The Morgan fingerprint density at radius 1 is 1.21 bits per heavy atom. The minimum absolute atomic E-state index is 0.0594. The third-order valence-electron chi connectivity index (χ3n) is 4.26. The fourth-order valence-electron chi connectivity index (χ4n) is 2.81. The van der Waals surface area contributed by atoms with Gasteiger partial charge in [0.2, 0.25) is 5.91 Å². The first-order valence-corrected chi connectivity index (χ1v) is 9.66. The van der Waals surface area contributed by atoms with E-state index in [2.05, 4.69) is 25.4 Å². The summed E-state index contributed by atoms with van der Waals surface area (Å²) >= 11 is 1.52. The lowest BCUT2D eigenvalue weighted by molar-refractivity contribution is -0.121. The number of pyridine rings is 1. The predicted molar refractivity (Wildman–Crippen MR) is 107 cm³/mol. The Hall–Kier alpha value is -3.39. The normalized spacial score (nSPS) is 11.9. The lowest BCUT2D eigenvalue weighted by Crippen LogP contribution is -2.28. The molecule has 28 heavy (non-hydrogen) atoms. The molecule has 1 aromatic carbocycles. The van der Waals surface area contributed by atoms with E-state index in [1.165, 1.54) is 17.7 Å². The zero-order chi connectivity index (χ0) is 19.3. The van der Waals surface area contributed by atoms with Gasteiger partial charge in [-0.1, -0.05) is 12.1 Å². The summed E-state index contributed by atoms with van der Waals surface area (Å²) in [5.41, 5.74) is 3.66. The molecule has 4 rings (SSSR count). The zero-order valence-corrected chi connectivity index (χ0v) is 16.0. The molecule has 140 valence electrons. The van der Waals surface area contributed by atoms with Gasteiger partial charge in [0.05, 0.1) is 23.8 Å². The Bertz CT molecular complexity index is 1040. The first-order chi connectivity index (χ1) is 13.7. The molecule has 1 unspecified atom stereocenters. The highest BCUT2D eigenvalue weighted by atomic mass is 32.1. The SMILES string of the molecule is CC(NC(=O)Cc1csc(-c2cccnc2)n1)c1ccc(-n2cncn2)cc1. The number of rotatable bonds is 6. The highest BCUT2D eigenvalue weighted by molar-refractivity contribution is 7.13. The number of carbonyl (C=O) groups excluding carboxylic acids is 1. The highest BCUT2D eigenvalue weighted by Gasteiger charge is 2.13. The van der Waals surface area contributed by atoms with Gasteiger partial charge in [0, 0.05) is 23.3 Å². The number of hydrogen-bond donors (Lipinski definition) is 1. The van der Waals surface area contributed by atoms with Crippen LogP contribution in [0.15, 0.2) is 66.8 Å². The summed E-state index contributed by atoms with van der Waals surface area (Å²) in [5.74, 6) is -0.0594. The third-order valence-corrected chi connectivity index (χ3v) is 5.20. The number of nitrogens with one attached hydrogen (secondary N) is 1. The van der Waals surface area contributed by atoms with Crippen LogP contribution in [-0.2, 0) is 11.2 Å². The molecule has 0 aliphatic carbocycles. The molecule has 3 aromatic heterocycles. The summed E-state index contributed by atoms with van der Waals surface area (Å²) in [4.78, 5) is 25.0. The molecule has 0 spiro atoms. The summed E-state index contributed by atoms with van der Waals surface area (Å²) < 4.78 is 1.69. The Morgan fingerprint density at radius 3 is 2.79 bits per heavy atom. The van der Waals surface area contributed by atoms with Gasteiger partial charge < -0.3 is 5.32 Å². The molecule has 4 aromatic rings. The van der Waals surface area contributed by atoms with Crippen LogP contribution in [0.25, 0.3) is 16.3 Å². The van der Waals surface area contributed by atoms with Crippen molar-refractivity contribution in [1.29, 1.82) is 0 Å². The molecule has 0 saturated carbocycles. The monoisotopic (exact) mass is 390 g/mol. The average molecular weight is 390 g/mol. The summed E-state index contributed by atoms with van der Waals surface area (Å²) in [6.45, 7) is 1.96. The zero-order valence-electron chi connectivity index (χ0n) is 15.2. The van der Waals surface area contributed by atoms with Crippen molar-refractivity contribution in [1.82, 2.24) is 30.0 Å². The van der Waals surface area contributed by atoms with Crippen molar-refractivity contribution in [2.24, 2.45) is 0 Å². The molecule has 1 N–H and O–H groups in total. The predicted octanol–water partition coefficient (Wildman–Crippen LogP) is 3.21. The van der Waals surface area contributed by atoms with E-state index in [9.17, 15) is 4.79 Å². The Labute approximate surface area is 166 Å². The van der Waals surface area contributed by atoms with Gasteiger partial charge in [-0.25, -0.2) is 14.6 Å². The van der Waals surface area contributed by atoms with Gasteiger partial charge in [0.1, 0.15) is 17.7 Å². The van der Waals surface area contributed by atoms with E-state index in [0.717, 1.165) is 27.5 Å². The number of aromatic nitrogens is 5. The Morgan fingerprint density at radius 2 is 2.07 bits per heavy atom. The Balaban J connectivity index is 1.36. The van der Waals surface area contributed by atoms with Crippen molar-refractivity contribution in [3.05, 3.63) is 78.1 Å². The maximum absolute atomic E-state index is 12.4. The molecule has 1 atom stereocenters. The maximum atomic E-state index is 12.4. The van der Waals surface area contributed by atoms with Crippen LogP contribution in [0.2, 0.25) is 0 Å². The quantitative estimate of drug-likeness (QED) is 0.546. The standard InChI is InChI=1S/C20H18N6OS/c1-14(15-4-6-18(7-5-15)26-13-22-12-23-26)24-19(27)9-17-11-28-20(25-17)16-3-2-8-21-10-16/h2-8,10-14H,9H2,1H3,(H,24,27).